The Morgan fingerprint density at radius 3 is 2.45 bits per heavy atom. The lowest BCUT2D eigenvalue weighted by Crippen LogP contribution is -2.48. The van der Waals surface area contributed by atoms with Crippen molar-refractivity contribution < 1.29 is 23.5 Å². The number of nitrogens with one attached hydrogen (secondary N) is 1. The summed E-state index contributed by atoms with van der Waals surface area (Å²) < 4.78 is 24.4. The molecule has 1 N–H and O–H groups in total. The number of thiophene rings is 1. The topological polar surface area (TPSA) is 71.1 Å². The maximum Gasteiger partial charge on any atom is 0.322 e. The number of amides is 3. The van der Waals surface area contributed by atoms with E-state index >= 15 is 0 Å². The van der Waals surface area contributed by atoms with E-state index in [4.69, 9.17) is 9.47 Å². The minimum atomic E-state index is -0.443. The number of carbonyl (C=O) groups excluding carboxylic acids is 2. The summed E-state index contributed by atoms with van der Waals surface area (Å²) in [6, 6.07) is 14.9. The highest BCUT2D eigenvalue weighted by Crippen LogP contribution is 2.28. The fraction of sp³-hybridized carbons (Fsp3) is 0.379. The van der Waals surface area contributed by atoms with Crippen molar-refractivity contribution in [2.24, 2.45) is 0 Å². The van der Waals surface area contributed by atoms with Crippen molar-refractivity contribution in [2.75, 3.05) is 32.6 Å². The van der Waals surface area contributed by atoms with Crippen molar-refractivity contribution in [3.8, 4) is 11.5 Å². The Hall–Kier alpha value is -3.59. The molecule has 0 spiro atoms. The van der Waals surface area contributed by atoms with E-state index in [2.05, 4.69) is 5.32 Å². The molecule has 204 valence electrons. The molecule has 0 aliphatic heterocycles. The predicted octanol–water partition coefficient (Wildman–Crippen LogP) is 6.12. The molecule has 0 fully saturated rings. The van der Waals surface area contributed by atoms with E-state index < -0.39 is 11.8 Å². The number of halogens is 1. The third kappa shape index (κ3) is 7.95. The van der Waals surface area contributed by atoms with Gasteiger partial charge in [0.05, 0.1) is 20.8 Å². The molecule has 1 heterocycles. The van der Waals surface area contributed by atoms with E-state index in [1.165, 1.54) is 28.0 Å². The second-order valence-electron chi connectivity index (χ2n) is 9.09. The summed E-state index contributed by atoms with van der Waals surface area (Å²) in [6.45, 7) is 6.71. The Bertz CT molecular complexity index is 1230. The Morgan fingerprint density at radius 2 is 1.82 bits per heavy atom. The number of nitrogens with zero attached hydrogens (tertiary/aromatic N) is 2. The highest BCUT2D eigenvalue weighted by Gasteiger charge is 2.25. The van der Waals surface area contributed by atoms with Crippen LogP contribution in [0.1, 0.15) is 35.6 Å². The number of carbonyl (C=O) groups is 2. The first-order chi connectivity index (χ1) is 18.2. The van der Waals surface area contributed by atoms with E-state index in [0.29, 0.717) is 43.1 Å². The molecule has 7 nitrogen and oxygen atoms in total. The maximum atomic E-state index is 13.6. The van der Waals surface area contributed by atoms with Crippen LogP contribution in [0, 0.1) is 12.7 Å². The van der Waals surface area contributed by atoms with Crippen LogP contribution in [0.5, 0.6) is 11.5 Å². The first-order valence-electron chi connectivity index (χ1n) is 12.6. The van der Waals surface area contributed by atoms with Crippen LogP contribution >= 0.6 is 11.3 Å². The number of methoxy groups -OCH3 is 2. The molecule has 3 amide bonds. The number of hydrogen-bond acceptors (Lipinski definition) is 5. The molecule has 2 aromatic carbocycles. The monoisotopic (exact) mass is 541 g/mol. The van der Waals surface area contributed by atoms with Crippen LogP contribution in [0.2, 0.25) is 0 Å². The Balaban J connectivity index is 1.78. The van der Waals surface area contributed by atoms with Crippen molar-refractivity contribution in [3.63, 3.8) is 0 Å². The molecule has 1 atom stereocenters. The van der Waals surface area contributed by atoms with Crippen LogP contribution < -0.4 is 14.8 Å². The molecule has 3 rings (SSSR count). The van der Waals surface area contributed by atoms with Gasteiger partial charge in [0.2, 0.25) is 5.91 Å². The summed E-state index contributed by atoms with van der Waals surface area (Å²) in [6.07, 6.45) is 1.27. The zero-order valence-corrected chi connectivity index (χ0v) is 23.4. The van der Waals surface area contributed by atoms with Crippen LogP contribution in [0.3, 0.4) is 0 Å². The Kier molecular flexibility index (Phi) is 10.5. The van der Waals surface area contributed by atoms with Gasteiger partial charge in [0.25, 0.3) is 0 Å². The average Bonchev–Trinajstić information content (AvgIpc) is 3.33. The molecule has 0 saturated carbocycles. The average molecular weight is 542 g/mol. The fourth-order valence-electron chi connectivity index (χ4n) is 4.01. The standard InChI is InChI=1S/C29H36FN3O4S/c1-6-20(2)33(29(35)31-24-9-7-8-23(30)17-24)19-28(34)32(18-25-12-10-21(3)38-25)15-14-22-11-13-26(36-4)27(16-22)37-5/h7-13,16-17,20H,6,14-15,18-19H2,1-5H3,(H,31,35). The number of rotatable bonds is 12. The molecule has 1 aromatic heterocycles. The van der Waals surface area contributed by atoms with Crippen molar-refractivity contribution in [1.29, 1.82) is 0 Å². The molecular weight excluding hydrogens is 505 g/mol. The summed E-state index contributed by atoms with van der Waals surface area (Å²) in [5.74, 6) is 0.674. The van der Waals surface area contributed by atoms with Crippen molar-refractivity contribution >= 4 is 29.0 Å². The van der Waals surface area contributed by atoms with Gasteiger partial charge in [-0.15, -0.1) is 11.3 Å². The summed E-state index contributed by atoms with van der Waals surface area (Å²) in [4.78, 5) is 32.3. The minimum absolute atomic E-state index is 0.0908. The first-order valence-corrected chi connectivity index (χ1v) is 13.4. The largest absolute Gasteiger partial charge is 0.493 e. The van der Waals surface area contributed by atoms with E-state index in [9.17, 15) is 14.0 Å². The summed E-state index contributed by atoms with van der Waals surface area (Å²) in [5, 5.41) is 2.73. The minimum Gasteiger partial charge on any atom is -0.493 e. The molecule has 1 unspecified atom stereocenters. The van der Waals surface area contributed by atoms with Crippen LogP contribution in [0.15, 0.2) is 54.6 Å². The summed E-state index contributed by atoms with van der Waals surface area (Å²) in [7, 11) is 3.18. The SMILES string of the molecule is CCC(C)N(CC(=O)N(CCc1ccc(OC)c(OC)c1)Cc1ccc(C)s1)C(=O)Nc1cccc(F)c1. The third-order valence-electron chi connectivity index (χ3n) is 6.38. The molecule has 0 aliphatic carbocycles. The van der Waals surface area contributed by atoms with Crippen LogP contribution in [0.25, 0.3) is 0 Å². The Labute approximate surface area is 228 Å². The fourth-order valence-corrected chi connectivity index (χ4v) is 4.91. The van der Waals surface area contributed by atoms with Gasteiger partial charge in [0.15, 0.2) is 11.5 Å². The maximum absolute atomic E-state index is 13.6. The van der Waals surface area contributed by atoms with Crippen molar-refractivity contribution in [1.82, 2.24) is 9.80 Å². The zero-order chi connectivity index (χ0) is 27.7. The molecule has 9 heteroatoms. The third-order valence-corrected chi connectivity index (χ3v) is 7.36. The molecule has 0 saturated heterocycles. The number of anilines is 1. The zero-order valence-electron chi connectivity index (χ0n) is 22.6. The smallest absolute Gasteiger partial charge is 0.322 e. The van der Waals surface area contributed by atoms with Gasteiger partial charge in [-0.25, -0.2) is 9.18 Å². The molecule has 3 aromatic rings. The molecule has 38 heavy (non-hydrogen) atoms. The summed E-state index contributed by atoms with van der Waals surface area (Å²) in [5.41, 5.74) is 1.35. The van der Waals surface area contributed by atoms with Crippen LogP contribution in [-0.4, -0.2) is 55.1 Å². The lowest BCUT2D eigenvalue weighted by molar-refractivity contribution is -0.132. The second kappa shape index (κ2) is 13.8. The number of urea groups is 1. The van der Waals surface area contributed by atoms with Crippen LogP contribution in [0.4, 0.5) is 14.9 Å². The number of aryl methyl sites for hydroxylation is 1. The van der Waals surface area contributed by atoms with Gasteiger partial charge < -0.3 is 24.6 Å². The Morgan fingerprint density at radius 1 is 1.05 bits per heavy atom. The second-order valence-corrected chi connectivity index (χ2v) is 10.5. The number of benzene rings is 2. The number of hydrogen-bond donors (Lipinski definition) is 1. The summed E-state index contributed by atoms with van der Waals surface area (Å²) >= 11 is 1.65. The highest BCUT2D eigenvalue weighted by atomic mass is 32.1. The molecule has 0 bridgehead atoms. The van der Waals surface area contributed by atoms with Crippen molar-refractivity contribution in [3.05, 3.63) is 75.7 Å². The van der Waals surface area contributed by atoms with Crippen molar-refractivity contribution in [2.45, 2.75) is 46.2 Å². The van der Waals surface area contributed by atoms with Gasteiger partial charge >= 0.3 is 6.03 Å². The van der Waals surface area contributed by atoms with Crippen LogP contribution in [-0.2, 0) is 17.8 Å². The normalized spacial score (nSPS) is 11.5. The van der Waals surface area contributed by atoms with E-state index in [0.717, 1.165) is 10.4 Å². The van der Waals surface area contributed by atoms with Gasteiger partial charge in [-0.1, -0.05) is 19.1 Å². The quantitative estimate of drug-likeness (QED) is 0.300. The van der Waals surface area contributed by atoms with E-state index in [1.54, 1.807) is 36.5 Å². The number of ether oxygens (including phenoxy) is 2. The van der Waals surface area contributed by atoms with Gasteiger partial charge in [0.1, 0.15) is 12.4 Å². The van der Waals surface area contributed by atoms with Gasteiger partial charge in [-0.2, -0.15) is 0 Å². The van der Waals surface area contributed by atoms with E-state index in [-0.39, 0.29) is 18.5 Å². The molecule has 0 radical (unpaired) electrons. The molecule has 0 aliphatic rings. The van der Waals surface area contributed by atoms with Gasteiger partial charge in [-0.05, 0) is 74.7 Å². The lowest BCUT2D eigenvalue weighted by Gasteiger charge is -2.31. The predicted molar refractivity (Wildman–Crippen MR) is 150 cm³/mol. The van der Waals surface area contributed by atoms with Gasteiger partial charge in [0, 0.05) is 28.0 Å². The molecular formula is C29H36FN3O4S. The lowest BCUT2D eigenvalue weighted by atomic mass is 10.1. The first kappa shape index (κ1) is 29.0. The highest BCUT2D eigenvalue weighted by molar-refractivity contribution is 7.11. The van der Waals surface area contributed by atoms with Gasteiger partial charge in [-0.3, -0.25) is 4.79 Å². The van der Waals surface area contributed by atoms with E-state index in [1.807, 2.05) is 51.1 Å².